The van der Waals surface area contributed by atoms with Crippen LogP contribution in [0.15, 0.2) is 52.9 Å². The lowest BCUT2D eigenvalue weighted by Gasteiger charge is -2.22. The van der Waals surface area contributed by atoms with Crippen molar-refractivity contribution in [2.45, 2.75) is 66.2 Å². The van der Waals surface area contributed by atoms with Crippen molar-refractivity contribution in [1.82, 2.24) is 9.96 Å². The van der Waals surface area contributed by atoms with Crippen molar-refractivity contribution in [3.05, 3.63) is 76.1 Å². The van der Waals surface area contributed by atoms with Gasteiger partial charge in [-0.15, -0.1) is 5.06 Å². The molecule has 5 rings (SSSR count). The van der Waals surface area contributed by atoms with Gasteiger partial charge in [-0.1, -0.05) is 24.6 Å². The van der Waals surface area contributed by atoms with E-state index in [1.165, 1.54) is 0 Å². The Morgan fingerprint density at radius 3 is 2.36 bits per heavy atom. The van der Waals surface area contributed by atoms with Crippen molar-refractivity contribution in [2.75, 3.05) is 20.1 Å². The van der Waals surface area contributed by atoms with Gasteiger partial charge in [-0.25, -0.2) is 9.79 Å². The first kappa shape index (κ1) is 31.6. The first-order valence-corrected chi connectivity index (χ1v) is 15.6. The molecule has 1 saturated heterocycles. The second-order valence-corrected chi connectivity index (χ2v) is 11.7. The SMILES string of the molecule is CC[NH+]=c1cc2oc3cc(C)c(C)cc3c(-c3ccccc3C(=O)N(C)CCCCCC(=O)ON3C(=O)CCC3=O)c-2cc1C. The molecule has 9 nitrogen and oxygen atoms in total. The van der Waals surface area contributed by atoms with Gasteiger partial charge in [0.2, 0.25) is 5.36 Å². The van der Waals surface area contributed by atoms with Crippen LogP contribution in [0.25, 0.3) is 33.4 Å². The molecule has 0 aromatic heterocycles. The molecule has 0 atom stereocenters. The third kappa shape index (κ3) is 6.67. The highest BCUT2D eigenvalue weighted by molar-refractivity contribution is 6.09. The number of fused-ring (bicyclic) bond motifs is 2. The number of aryl methyl sites for hydroxylation is 3. The predicted molar refractivity (Wildman–Crippen MR) is 170 cm³/mol. The summed E-state index contributed by atoms with van der Waals surface area (Å²) in [6.45, 7) is 9.57. The molecule has 0 saturated carbocycles. The van der Waals surface area contributed by atoms with Gasteiger partial charge < -0.3 is 14.2 Å². The highest BCUT2D eigenvalue weighted by atomic mass is 16.7. The third-order valence-corrected chi connectivity index (χ3v) is 8.40. The van der Waals surface area contributed by atoms with Crippen LogP contribution in [0.1, 0.15) is 72.5 Å². The molecule has 1 aliphatic carbocycles. The zero-order chi connectivity index (χ0) is 32.2. The molecule has 1 N–H and O–H groups in total. The van der Waals surface area contributed by atoms with E-state index in [1.54, 1.807) is 11.9 Å². The van der Waals surface area contributed by atoms with Crippen LogP contribution < -0.4 is 10.3 Å². The topological polar surface area (TPSA) is 111 Å². The number of amides is 3. The fourth-order valence-corrected chi connectivity index (χ4v) is 5.77. The summed E-state index contributed by atoms with van der Waals surface area (Å²) < 4.78 is 6.47. The molecule has 1 fully saturated rings. The van der Waals surface area contributed by atoms with Crippen LogP contribution in [-0.4, -0.2) is 53.8 Å². The van der Waals surface area contributed by atoms with Gasteiger partial charge >= 0.3 is 5.97 Å². The highest BCUT2D eigenvalue weighted by Gasteiger charge is 2.32. The largest absolute Gasteiger partial charge is 0.456 e. The van der Waals surface area contributed by atoms with Crippen molar-refractivity contribution in [2.24, 2.45) is 0 Å². The summed E-state index contributed by atoms with van der Waals surface area (Å²) in [5.74, 6) is -0.932. The molecule has 9 heteroatoms. The standard InChI is InChI=1S/C36H39N3O6/c1-6-37-29-21-31-28(19-24(29)4)35(27-18-22(2)23(3)20-30(27)44-31)25-12-9-10-13-26(25)36(43)38(5)17-11-7-8-14-34(42)45-39-32(40)15-16-33(39)41/h9-10,12-13,18-21H,6-8,11,14-17H2,1-5H3/p+1. The maximum absolute atomic E-state index is 13.9. The summed E-state index contributed by atoms with van der Waals surface area (Å²) in [4.78, 5) is 59.4. The van der Waals surface area contributed by atoms with Crippen LogP contribution in [0.3, 0.4) is 0 Å². The van der Waals surface area contributed by atoms with Gasteiger partial charge in [-0.3, -0.25) is 14.4 Å². The second kappa shape index (κ2) is 13.5. The maximum Gasteiger partial charge on any atom is 0.333 e. The van der Waals surface area contributed by atoms with E-state index in [4.69, 9.17) is 9.25 Å². The van der Waals surface area contributed by atoms with E-state index in [-0.39, 0.29) is 25.2 Å². The summed E-state index contributed by atoms with van der Waals surface area (Å²) in [6, 6.07) is 16.1. The lowest BCUT2D eigenvalue weighted by molar-refractivity contribution is -0.496. The van der Waals surface area contributed by atoms with Crippen LogP contribution in [-0.2, 0) is 19.2 Å². The minimum Gasteiger partial charge on any atom is -0.456 e. The Morgan fingerprint density at radius 1 is 0.911 bits per heavy atom. The lowest BCUT2D eigenvalue weighted by Crippen LogP contribution is -2.76. The lowest BCUT2D eigenvalue weighted by atomic mass is 9.88. The summed E-state index contributed by atoms with van der Waals surface area (Å²) in [5.41, 5.74) is 7.47. The molecule has 45 heavy (non-hydrogen) atoms. The molecular formula is C36H40N3O6+. The van der Waals surface area contributed by atoms with Crippen LogP contribution in [0.2, 0.25) is 0 Å². The summed E-state index contributed by atoms with van der Waals surface area (Å²) in [5, 5.41) is 2.54. The fourth-order valence-electron chi connectivity index (χ4n) is 5.77. The Hall–Kier alpha value is -4.79. The van der Waals surface area contributed by atoms with E-state index in [2.05, 4.69) is 50.9 Å². The molecule has 2 heterocycles. The van der Waals surface area contributed by atoms with Crippen molar-refractivity contribution < 1.29 is 33.4 Å². The van der Waals surface area contributed by atoms with Gasteiger partial charge in [0.05, 0.1) is 6.07 Å². The average molecular weight is 611 g/mol. The number of benzene rings is 3. The molecule has 0 radical (unpaired) electrons. The van der Waals surface area contributed by atoms with E-state index < -0.39 is 17.8 Å². The van der Waals surface area contributed by atoms with E-state index >= 15 is 0 Å². The number of hydrogen-bond donors (Lipinski definition) is 1. The van der Waals surface area contributed by atoms with E-state index in [0.29, 0.717) is 36.4 Å². The first-order valence-electron chi connectivity index (χ1n) is 15.6. The first-order chi connectivity index (χ1) is 21.6. The van der Waals surface area contributed by atoms with Crippen molar-refractivity contribution in [3.8, 4) is 22.5 Å². The average Bonchev–Trinajstić information content (AvgIpc) is 3.33. The van der Waals surface area contributed by atoms with Crippen LogP contribution in [0.4, 0.5) is 0 Å². The minimum absolute atomic E-state index is 0.0674. The number of nitrogens with one attached hydrogen (secondary N) is 1. The molecule has 0 unspecified atom stereocenters. The second-order valence-electron chi connectivity index (χ2n) is 11.7. The van der Waals surface area contributed by atoms with Gasteiger partial charge in [0, 0.05) is 60.5 Å². The molecule has 2 aromatic carbocycles. The van der Waals surface area contributed by atoms with Gasteiger partial charge in [-0.05, 0) is 81.5 Å². The zero-order valence-corrected chi connectivity index (χ0v) is 26.6. The Labute approximate surface area is 262 Å². The number of carbonyl (C=O) groups excluding carboxylic acids is 4. The number of hydrogen-bond acceptors (Lipinski definition) is 6. The van der Waals surface area contributed by atoms with E-state index in [9.17, 15) is 19.2 Å². The quantitative estimate of drug-likeness (QED) is 0.162. The van der Waals surface area contributed by atoms with Gasteiger partial charge in [0.25, 0.3) is 17.7 Å². The predicted octanol–water partition coefficient (Wildman–Crippen LogP) is 4.37. The van der Waals surface area contributed by atoms with Gasteiger partial charge in [0.1, 0.15) is 17.9 Å². The fraction of sp³-hybridized carbons (Fsp3) is 0.361. The Balaban J connectivity index is 1.37. The molecule has 3 amide bonds. The Bertz CT molecular complexity index is 1820. The van der Waals surface area contributed by atoms with Crippen LogP contribution >= 0.6 is 0 Å². The van der Waals surface area contributed by atoms with Crippen LogP contribution in [0, 0.1) is 20.8 Å². The number of carbonyl (C=O) groups is 4. The smallest absolute Gasteiger partial charge is 0.333 e. The number of hydroxylamine groups is 2. The number of imide groups is 1. The minimum atomic E-state index is -0.607. The molecule has 0 spiro atoms. The highest BCUT2D eigenvalue weighted by Crippen LogP contribution is 2.42. The Kier molecular flexibility index (Phi) is 9.46. The normalized spacial score (nSPS) is 13.7. The number of unbranched alkanes of at least 4 members (excludes halogenated alkanes) is 2. The summed E-state index contributed by atoms with van der Waals surface area (Å²) >= 11 is 0. The number of nitrogens with zero attached hydrogens (tertiary/aromatic N) is 2. The van der Waals surface area contributed by atoms with Gasteiger partial charge in [0.15, 0.2) is 0 Å². The third-order valence-electron chi connectivity index (χ3n) is 8.40. The molecule has 2 aliphatic heterocycles. The Morgan fingerprint density at radius 2 is 1.62 bits per heavy atom. The zero-order valence-electron chi connectivity index (χ0n) is 26.6. The molecule has 3 aliphatic rings. The van der Waals surface area contributed by atoms with E-state index in [0.717, 1.165) is 62.0 Å². The monoisotopic (exact) mass is 610 g/mol. The van der Waals surface area contributed by atoms with Crippen molar-refractivity contribution >= 4 is 34.7 Å². The van der Waals surface area contributed by atoms with Crippen molar-refractivity contribution in [1.29, 1.82) is 0 Å². The van der Waals surface area contributed by atoms with Crippen LogP contribution in [0.5, 0.6) is 0 Å². The van der Waals surface area contributed by atoms with E-state index in [1.807, 2.05) is 30.3 Å². The van der Waals surface area contributed by atoms with Crippen molar-refractivity contribution in [3.63, 3.8) is 0 Å². The molecule has 0 bridgehead atoms. The molecule has 2 aromatic rings. The summed E-state index contributed by atoms with van der Waals surface area (Å²) in [7, 11) is 1.79. The number of rotatable bonds is 10. The molecular weight excluding hydrogens is 570 g/mol. The maximum atomic E-state index is 13.9. The summed E-state index contributed by atoms with van der Waals surface area (Å²) in [6.07, 6.45) is 2.10. The van der Waals surface area contributed by atoms with Gasteiger partial charge in [-0.2, -0.15) is 0 Å². The molecule has 234 valence electrons.